The van der Waals surface area contributed by atoms with Crippen LogP contribution in [0.15, 0.2) is 23.2 Å². The van der Waals surface area contributed by atoms with E-state index in [0.29, 0.717) is 6.04 Å². The van der Waals surface area contributed by atoms with Gasteiger partial charge in [0.25, 0.3) is 0 Å². The maximum absolute atomic E-state index is 5.39. The summed E-state index contributed by atoms with van der Waals surface area (Å²) in [6.45, 7) is 8.02. The Labute approximate surface area is 181 Å². The van der Waals surface area contributed by atoms with Gasteiger partial charge in [0.1, 0.15) is 11.5 Å². The Hall–Kier alpha value is -1.38. The third-order valence-corrected chi connectivity index (χ3v) is 4.61. The minimum atomic E-state index is 0. The van der Waals surface area contributed by atoms with Crippen LogP contribution in [-0.2, 0) is 0 Å². The molecule has 0 saturated carbocycles. The molecule has 154 valence electrons. The summed E-state index contributed by atoms with van der Waals surface area (Å²) in [7, 11) is 3.37. The van der Waals surface area contributed by atoms with Crippen molar-refractivity contribution < 1.29 is 9.47 Å². The first-order chi connectivity index (χ1) is 12.7. The Morgan fingerprint density at radius 1 is 1.15 bits per heavy atom. The third-order valence-electron chi connectivity index (χ3n) is 4.61. The standard InChI is InChI=1S/C20H34N4O2.HI/c1-5-7-8-10-22-20(21-6-2)23-16-9-11-24(15-16)17-12-18(25-3)14-19(13-17)26-4;/h12-14,16H,5-11,15H2,1-4H3,(H2,21,22,23);1H. The second-order valence-electron chi connectivity index (χ2n) is 6.61. The highest BCUT2D eigenvalue weighted by atomic mass is 127. The number of anilines is 1. The lowest BCUT2D eigenvalue weighted by molar-refractivity contribution is 0.394. The first-order valence-electron chi connectivity index (χ1n) is 9.73. The predicted octanol–water partition coefficient (Wildman–Crippen LogP) is 3.65. The number of nitrogens with zero attached hydrogens (tertiary/aromatic N) is 2. The lowest BCUT2D eigenvalue weighted by Crippen LogP contribution is -2.44. The van der Waals surface area contributed by atoms with Gasteiger partial charge in [-0.15, -0.1) is 24.0 Å². The van der Waals surface area contributed by atoms with Crippen LogP contribution in [0.1, 0.15) is 39.5 Å². The quantitative estimate of drug-likeness (QED) is 0.240. The predicted molar refractivity (Wildman–Crippen MR) is 124 cm³/mol. The maximum atomic E-state index is 5.39. The van der Waals surface area contributed by atoms with Gasteiger partial charge in [0, 0.05) is 56.1 Å². The Morgan fingerprint density at radius 3 is 2.44 bits per heavy atom. The zero-order valence-corrected chi connectivity index (χ0v) is 19.4. The van der Waals surface area contributed by atoms with E-state index in [4.69, 9.17) is 14.5 Å². The molecule has 27 heavy (non-hydrogen) atoms. The molecule has 2 rings (SSSR count). The van der Waals surface area contributed by atoms with Gasteiger partial charge in [0.2, 0.25) is 0 Å². The number of methoxy groups -OCH3 is 2. The molecule has 2 N–H and O–H groups in total. The molecule has 0 spiro atoms. The summed E-state index contributed by atoms with van der Waals surface area (Å²) < 4.78 is 10.8. The molecule has 1 aliphatic heterocycles. The lowest BCUT2D eigenvalue weighted by Gasteiger charge is -2.21. The molecule has 6 nitrogen and oxygen atoms in total. The molecule has 0 amide bonds. The molecule has 1 heterocycles. The normalized spacial score (nSPS) is 16.7. The van der Waals surface area contributed by atoms with Crippen LogP contribution in [0.5, 0.6) is 11.5 Å². The Morgan fingerprint density at radius 2 is 1.85 bits per heavy atom. The molecular formula is C20H35IN4O2. The summed E-state index contributed by atoms with van der Waals surface area (Å²) in [4.78, 5) is 7.07. The fourth-order valence-corrected chi connectivity index (χ4v) is 3.15. The van der Waals surface area contributed by atoms with Crippen LogP contribution in [0, 0.1) is 0 Å². The number of guanidine groups is 1. The van der Waals surface area contributed by atoms with Gasteiger partial charge in [-0.2, -0.15) is 0 Å². The highest BCUT2D eigenvalue weighted by Gasteiger charge is 2.24. The summed E-state index contributed by atoms with van der Waals surface area (Å²) in [6, 6.07) is 6.42. The summed E-state index contributed by atoms with van der Waals surface area (Å²) in [6.07, 6.45) is 4.69. The first-order valence-corrected chi connectivity index (χ1v) is 9.73. The second-order valence-corrected chi connectivity index (χ2v) is 6.61. The number of aliphatic imine (C=N–C) groups is 1. The number of ether oxygens (including phenoxy) is 2. The van der Waals surface area contributed by atoms with Crippen molar-refractivity contribution in [3.63, 3.8) is 0 Å². The molecule has 0 radical (unpaired) electrons. The van der Waals surface area contributed by atoms with Crippen molar-refractivity contribution in [1.82, 2.24) is 10.6 Å². The van der Waals surface area contributed by atoms with E-state index in [-0.39, 0.29) is 24.0 Å². The molecule has 1 unspecified atom stereocenters. The van der Waals surface area contributed by atoms with Crippen LogP contribution >= 0.6 is 24.0 Å². The Bertz CT molecular complexity index is 561. The minimum absolute atomic E-state index is 0. The zero-order valence-electron chi connectivity index (χ0n) is 17.1. The van der Waals surface area contributed by atoms with Gasteiger partial charge in [-0.1, -0.05) is 19.8 Å². The van der Waals surface area contributed by atoms with Crippen LogP contribution in [0.4, 0.5) is 5.69 Å². The number of hydrogen-bond acceptors (Lipinski definition) is 4. The number of nitrogens with one attached hydrogen (secondary N) is 2. The van der Waals surface area contributed by atoms with Crippen LogP contribution in [0.25, 0.3) is 0 Å². The summed E-state index contributed by atoms with van der Waals surface area (Å²) in [5.74, 6) is 2.57. The number of halogens is 1. The average Bonchev–Trinajstić information content (AvgIpc) is 3.13. The largest absolute Gasteiger partial charge is 0.497 e. The van der Waals surface area contributed by atoms with E-state index in [0.717, 1.165) is 62.2 Å². The summed E-state index contributed by atoms with van der Waals surface area (Å²) >= 11 is 0. The molecule has 0 bridgehead atoms. The van der Waals surface area contributed by atoms with Crippen LogP contribution in [-0.4, -0.2) is 52.4 Å². The first kappa shape index (κ1) is 23.7. The zero-order chi connectivity index (χ0) is 18.8. The van der Waals surface area contributed by atoms with Gasteiger partial charge < -0.3 is 25.0 Å². The van der Waals surface area contributed by atoms with E-state index in [1.807, 2.05) is 6.07 Å². The molecule has 0 aliphatic carbocycles. The fourth-order valence-electron chi connectivity index (χ4n) is 3.15. The van der Waals surface area contributed by atoms with E-state index >= 15 is 0 Å². The minimum Gasteiger partial charge on any atom is -0.497 e. The van der Waals surface area contributed by atoms with Crippen molar-refractivity contribution in [2.75, 3.05) is 45.3 Å². The van der Waals surface area contributed by atoms with Crippen LogP contribution < -0.4 is 25.0 Å². The van der Waals surface area contributed by atoms with E-state index in [1.54, 1.807) is 14.2 Å². The van der Waals surface area contributed by atoms with Crippen molar-refractivity contribution in [3.8, 4) is 11.5 Å². The van der Waals surface area contributed by atoms with E-state index in [2.05, 4.69) is 41.5 Å². The summed E-state index contributed by atoms with van der Waals surface area (Å²) in [5, 5.41) is 6.94. The Balaban J connectivity index is 0.00000364. The second kappa shape index (κ2) is 12.9. The van der Waals surface area contributed by atoms with Gasteiger partial charge in [0.15, 0.2) is 5.96 Å². The smallest absolute Gasteiger partial charge is 0.191 e. The number of benzene rings is 1. The monoisotopic (exact) mass is 490 g/mol. The molecule has 1 aromatic rings. The van der Waals surface area contributed by atoms with Gasteiger partial charge in [-0.05, 0) is 19.8 Å². The van der Waals surface area contributed by atoms with E-state index < -0.39 is 0 Å². The molecule has 1 aromatic carbocycles. The molecule has 0 aromatic heterocycles. The lowest BCUT2D eigenvalue weighted by atomic mass is 10.2. The van der Waals surface area contributed by atoms with Gasteiger partial charge in [-0.3, -0.25) is 4.99 Å². The highest BCUT2D eigenvalue weighted by molar-refractivity contribution is 14.0. The number of hydrogen-bond donors (Lipinski definition) is 2. The maximum Gasteiger partial charge on any atom is 0.191 e. The van der Waals surface area contributed by atoms with Crippen LogP contribution in [0.2, 0.25) is 0 Å². The fraction of sp³-hybridized carbons (Fsp3) is 0.650. The summed E-state index contributed by atoms with van der Waals surface area (Å²) in [5.41, 5.74) is 1.13. The molecule has 1 fully saturated rings. The van der Waals surface area contributed by atoms with Crippen LogP contribution in [0.3, 0.4) is 0 Å². The molecule has 1 saturated heterocycles. The van der Waals surface area contributed by atoms with Gasteiger partial charge in [0.05, 0.1) is 14.2 Å². The SMILES string of the molecule is CCCCCN=C(NCC)NC1CCN(c2cc(OC)cc(OC)c2)C1.I. The van der Waals surface area contributed by atoms with Crippen molar-refractivity contribution in [2.45, 2.75) is 45.6 Å². The molecule has 1 aliphatic rings. The van der Waals surface area contributed by atoms with E-state index in [1.165, 1.54) is 12.8 Å². The van der Waals surface area contributed by atoms with Crippen molar-refractivity contribution in [2.24, 2.45) is 4.99 Å². The average molecular weight is 490 g/mol. The van der Waals surface area contributed by atoms with Crippen molar-refractivity contribution in [3.05, 3.63) is 18.2 Å². The van der Waals surface area contributed by atoms with Crippen molar-refractivity contribution >= 4 is 35.6 Å². The molecule has 7 heteroatoms. The number of unbranched alkanes of at least 4 members (excludes halogenated alkanes) is 2. The van der Waals surface area contributed by atoms with E-state index in [9.17, 15) is 0 Å². The molecule has 1 atom stereocenters. The topological polar surface area (TPSA) is 58.1 Å². The Kier molecular flexibility index (Phi) is 11.3. The molecular weight excluding hydrogens is 455 g/mol. The highest BCUT2D eigenvalue weighted by Crippen LogP contribution is 2.30. The van der Waals surface area contributed by atoms with Crippen molar-refractivity contribution in [1.29, 1.82) is 0 Å². The van der Waals surface area contributed by atoms with Gasteiger partial charge >= 0.3 is 0 Å². The van der Waals surface area contributed by atoms with Gasteiger partial charge in [-0.25, -0.2) is 0 Å². The third kappa shape index (κ3) is 7.63. The number of rotatable bonds is 9.